The van der Waals surface area contributed by atoms with Gasteiger partial charge in [0.1, 0.15) is 0 Å². The molecule has 0 amide bonds. The summed E-state index contributed by atoms with van der Waals surface area (Å²) in [6.45, 7) is 9.28. The van der Waals surface area contributed by atoms with Crippen molar-refractivity contribution in [3.8, 4) is 33.4 Å². The van der Waals surface area contributed by atoms with Gasteiger partial charge in [0, 0.05) is 26.7 Å². The molecule has 0 N–H and O–H groups in total. The summed E-state index contributed by atoms with van der Waals surface area (Å²) in [5, 5.41) is 15.5. The first-order valence-corrected chi connectivity index (χ1v) is 28.1. The predicted octanol–water partition coefficient (Wildman–Crippen LogP) is 12.8. The summed E-state index contributed by atoms with van der Waals surface area (Å²) in [5.41, 5.74) is 12.1. The summed E-state index contributed by atoms with van der Waals surface area (Å²) < 4.78 is 17.6. The predicted molar refractivity (Wildman–Crippen MR) is 296 cm³/mol. The molecule has 69 heavy (non-hydrogen) atoms. The van der Waals surface area contributed by atoms with Gasteiger partial charge in [0.25, 0.3) is 0 Å². The highest BCUT2D eigenvalue weighted by atomic mass is 31.2. The molecule has 0 spiro atoms. The van der Waals surface area contributed by atoms with Gasteiger partial charge in [-0.25, -0.2) is 0 Å². The van der Waals surface area contributed by atoms with Gasteiger partial charge in [0.2, 0.25) is 0 Å². The minimum atomic E-state index is -3.60. The highest BCUT2D eigenvalue weighted by molar-refractivity contribution is 7.85. The van der Waals surface area contributed by atoms with Gasteiger partial charge in [-0.15, -0.1) is 0 Å². The zero-order valence-electron chi connectivity index (χ0n) is 39.2. The second kappa shape index (κ2) is 14.3. The van der Waals surface area contributed by atoms with Crippen LogP contribution in [0.25, 0.3) is 65.7 Å². The van der Waals surface area contributed by atoms with E-state index in [1.807, 2.05) is 0 Å². The third-order valence-corrected chi connectivity index (χ3v) is 24.5. The molecule has 1 aliphatic heterocycles. The lowest BCUT2D eigenvalue weighted by atomic mass is 9.82. The van der Waals surface area contributed by atoms with Crippen LogP contribution in [0, 0.1) is 0 Å². The largest absolute Gasteiger partial charge is 0.309 e. The van der Waals surface area contributed by atoms with Crippen LogP contribution >= 0.6 is 7.14 Å². The molecule has 3 heteroatoms. The van der Waals surface area contributed by atoms with Crippen molar-refractivity contribution in [3.05, 3.63) is 247 Å². The molecule has 0 saturated heterocycles. The summed E-state index contributed by atoms with van der Waals surface area (Å²) in [5.74, 6) is 0. The van der Waals surface area contributed by atoms with Crippen molar-refractivity contribution in [2.45, 2.75) is 38.5 Å². The second-order valence-corrected chi connectivity index (χ2v) is 27.2. The molecule has 0 atom stereocenters. The maximum Gasteiger partial charge on any atom is 0.180 e. The Morgan fingerprint density at radius 2 is 0.681 bits per heavy atom. The van der Waals surface area contributed by atoms with Gasteiger partial charge in [0.05, 0.1) is 0 Å². The molecule has 0 bridgehead atoms. The van der Waals surface area contributed by atoms with E-state index in [9.17, 15) is 0 Å². The van der Waals surface area contributed by atoms with Crippen molar-refractivity contribution in [1.29, 1.82) is 0 Å². The van der Waals surface area contributed by atoms with Gasteiger partial charge in [-0.2, -0.15) is 0 Å². The standard InChI is InChI=1S/C66H49OPSi/c1-65(2)59-29-17-15-27-51(59)56-37-42(32-35-61(56)65)68(67,43-33-36-62-57(38-43)52-28-16-18-30-60(52)66(62,3)4)44-31-34-53-58-40-54-49-25-13-11-23-47(49)48-24-12-14-26-50(48)55(54)41-64(58)69(63(53)39-44,45-19-7-5-8-20-45)46-21-9-6-10-22-46/h5-41H,1-4H3. The van der Waals surface area contributed by atoms with Crippen molar-refractivity contribution in [2.24, 2.45) is 0 Å². The lowest BCUT2D eigenvalue weighted by Crippen LogP contribution is -2.73. The highest BCUT2D eigenvalue weighted by Crippen LogP contribution is 2.54. The van der Waals surface area contributed by atoms with E-state index < -0.39 is 15.2 Å². The fourth-order valence-electron chi connectivity index (χ4n) is 13.3. The topological polar surface area (TPSA) is 17.1 Å². The fraction of sp³-hybridized carbons (Fsp3) is 0.0909. The van der Waals surface area contributed by atoms with Crippen molar-refractivity contribution in [3.63, 3.8) is 0 Å². The summed E-state index contributed by atoms with van der Waals surface area (Å²) in [7, 11) is -6.70. The van der Waals surface area contributed by atoms with Crippen LogP contribution in [0.3, 0.4) is 0 Å². The van der Waals surface area contributed by atoms with Gasteiger partial charge in [-0.05, 0) is 133 Å². The number of hydrogen-bond acceptors (Lipinski definition) is 1. The Bertz CT molecular complexity index is 3900. The number of rotatable bonds is 5. The van der Waals surface area contributed by atoms with Crippen LogP contribution < -0.4 is 36.7 Å². The first-order chi connectivity index (χ1) is 33.6. The Morgan fingerprint density at radius 3 is 1.19 bits per heavy atom. The van der Waals surface area contributed by atoms with E-state index in [-0.39, 0.29) is 10.8 Å². The SMILES string of the molecule is CC1(C)c2ccccc2-c2cc(P(=O)(c3ccc4c(c3)-c3ccccc3C4(C)C)c3ccc4c(c3)[Si](c3ccccc3)(c3ccccc3)c3cc5c6ccccc6c6ccccc6c5cc3-4)ccc21. The highest BCUT2D eigenvalue weighted by Gasteiger charge is 2.50. The Labute approximate surface area is 405 Å². The zero-order chi connectivity index (χ0) is 46.4. The average molecular weight is 917 g/mol. The maximum atomic E-state index is 17.6. The minimum Gasteiger partial charge on any atom is -0.309 e. The second-order valence-electron chi connectivity index (χ2n) is 20.7. The van der Waals surface area contributed by atoms with Crippen LogP contribution in [0.5, 0.6) is 0 Å². The van der Waals surface area contributed by atoms with Crippen LogP contribution in [-0.2, 0) is 15.4 Å². The first-order valence-electron chi connectivity index (χ1n) is 24.4. The van der Waals surface area contributed by atoms with E-state index in [1.165, 1.54) is 109 Å². The lowest BCUT2D eigenvalue weighted by Gasteiger charge is -2.32. The van der Waals surface area contributed by atoms with E-state index in [0.29, 0.717) is 0 Å². The molecule has 328 valence electrons. The first kappa shape index (κ1) is 40.7. The Hall–Kier alpha value is -7.35. The molecule has 0 aromatic heterocycles. The van der Waals surface area contributed by atoms with E-state index in [2.05, 4.69) is 252 Å². The molecule has 0 saturated carbocycles. The van der Waals surface area contributed by atoms with Crippen LogP contribution in [0.4, 0.5) is 0 Å². The summed E-state index contributed by atoms with van der Waals surface area (Å²) in [6, 6.07) is 83.5. The Morgan fingerprint density at radius 1 is 0.304 bits per heavy atom. The average Bonchev–Trinajstić information content (AvgIpc) is 3.92. The van der Waals surface area contributed by atoms with Crippen LogP contribution in [0.2, 0.25) is 0 Å². The molecule has 3 aliphatic rings. The molecule has 0 unspecified atom stereocenters. The smallest absolute Gasteiger partial charge is 0.180 e. The molecule has 0 fully saturated rings. The van der Waals surface area contributed by atoms with Crippen molar-refractivity contribution >= 4 is 84.2 Å². The van der Waals surface area contributed by atoms with E-state index in [0.717, 1.165) is 15.9 Å². The van der Waals surface area contributed by atoms with Gasteiger partial charge in [-0.1, -0.05) is 228 Å². The Balaban J connectivity index is 1.09. The number of benzene rings is 11. The van der Waals surface area contributed by atoms with Crippen molar-refractivity contribution < 1.29 is 4.57 Å². The summed E-state index contributed by atoms with van der Waals surface area (Å²) in [4.78, 5) is 0. The van der Waals surface area contributed by atoms with Crippen molar-refractivity contribution in [2.75, 3.05) is 0 Å². The molecule has 1 heterocycles. The normalized spacial score (nSPS) is 15.4. The summed E-state index contributed by atoms with van der Waals surface area (Å²) >= 11 is 0. The van der Waals surface area contributed by atoms with E-state index in [4.69, 9.17) is 0 Å². The quantitative estimate of drug-likeness (QED) is 0.0955. The molecular weight excluding hydrogens is 868 g/mol. The van der Waals surface area contributed by atoms with Crippen LogP contribution in [0.15, 0.2) is 224 Å². The monoisotopic (exact) mass is 916 g/mol. The molecule has 11 aromatic carbocycles. The molecule has 1 nitrogen and oxygen atoms in total. The third kappa shape index (κ3) is 5.34. The third-order valence-electron chi connectivity index (χ3n) is 16.6. The molecule has 14 rings (SSSR count). The van der Waals surface area contributed by atoms with Gasteiger partial charge >= 0.3 is 0 Å². The fourth-order valence-corrected chi connectivity index (χ4v) is 21.3. The van der Waals surface area contributed by atoms with Gasteiger partial charge in [0.15, 0.2) is 15.2 Å². The number of hydrogen-bond donors (Lipinski definition) is 0. The molecule has 0 radical (unpaired) electrons. The van der Waals surface area contributed by atoms with E-state index in [1.54, 1.807) is 0 Å². The summed E-state index contributed by atoms with van der Waals surface area (Å²) in [6.07, 6.45) is 0. The zero-order valence-corrected chi connectivity index (χ0v) is 41.1. The van der Waals surface area contributed by atoms with E-state index >= 15 is 4.57 Å². The maximum absolute atomic E-state index is 17.6. The Kier molecular flexibility index (Phi) is 8.46. The lowest BCUT2D eigenvalue weighted by molar-refractivity contribution is 0.592. The molecular formula is C66H49OPSi. The van der Waals surface area contributed by atoms with Crippen LogP contribution in [-0.4, -0.2) is 8.07 Å². The minimum absolute atomic E-state index is 0.173. The van der Waals surface area contributed by atoms with Gasteiger partial charge in [-0.3, -0.25) is 0 Å². The molecule has 11 aromatic rings. The van der Waals surface area contributed by atoms with Crippen LogP contribution in [0.1, 0.15) is 49.9 Å². The van der Waals surface area contributed by atoms with Gasteiger partial charge < -0.3 is 4.57 Å². The van der Waals surface area contributed by atoms with Crippen molar-refractivity contribution in [1.82, 2.24) is 0 Å². The molecule has 2 aliphatic carbocycles. The number of fused-ring (bicyclic) bond motifs is 15.